The molecule has 1 saturated heterocycles. The summed E-state index contributed by atoms with van der Waals surface area (Å²) in [5, 5.41) is 2.50. The quantitative estimate of drug-likeness (QED) is 0.865. The second-order valence-corrected chi connectivity index (χ2v) is 4.96. The summed E-state index contributed by atoms with van der Waals surface area (Å²) < 4.78 is 40.4. The van der Waals surface area contributed by atoms with Crippen molar-refractivity contribution in [3.8, 4) is 5.75 Å². The van der Waals surface area contributed by atoms with Crippen molar-refractivity contribution in [1.82, 2.24) is 4.90 Å². The summed E-state index contributed by atoms with van der Waals surface area (Å²) >= 11 is 0. The standard InChI is InChI=1S/C15H15F3N2O3/c1-2-13(21)20-8-4-7-12(20)14(22)19-10-5-3-6-11(9-10)23-15(16,17)18/h2-3,5-6,9,12H,1,4,7-8H2,(H,19,22). The summed E-state index contributed by atoms with van der Waals surface area (Å²) in [5.41, 5.74) is 0.162. The summed E-state index contributed by atoms with van der Waals surface area (Å²) in [5.74, 6) is -1.24. The third-order valence-corrected chi connectivity index (χ3v) is 3.35. The zero-order valence-corrected chi connectivity index (χ0v) is 12.1. The van der Waals surface area contributed by atoms with Crippen molar-refractivity contribution in [3.63, 3.8) is 0 Å². The molecule has 124 valence electrons. The average Bonchev–Trinajstić information content (AvgIpc) is 2.94. The van der Waals surface area contributed by atoms with Crippen LogP contribution in [0.3, 0.4) is 0 Å². The van der Waals surface area contributed by atoms with Gasteiger partial charge in [-0.05, 0) is 31.1 Å². The number of carbonyl (C=O) groups is 2. The molecule has 0 radical (unpaired) electrons. The number of anilines is 1. The van der Waals surface area contributed by atoms with Crippen LogP contribution in [0.5, 0.6) is 5.75 Å². The van der Waals surface area contributed by atoms with E-state index in [-0.39, 0.29) is 11.6 Å². The molecule has 0 spiro atoms. The van der Waals surface area contributed by atoms with Gasteiger partial charge in [0, 0.05) is 18.3 Å². The van der Waals surface area contributed by atoms with Gasteiger partial charge in [0.15, 0.2) is 0 Å². The Morgan fingerprint density at radius 3 is 2.78 bits per heavy atom. The third kappa shape index (κ3) is 4.48. The van der Waals surface area contributed by atoms with Gasteiger partial charge in [-0.25, -0.2) is 0 Å². The summed E-state index contributed by atoms with van der Waals surface area (Å²) in [7, 11) is 0. The van der Waals surface area contributed by atoms with Gasteiger partial charge in [0.25, 0.3) is 0 Å². The summed E-state index contributed by atoms with van der Waals surface area (Å²) in [6.07, 6.45) is -2.51. The zero-order chi connectivity index (χ0) is 17.0. The molecule has 1 fully saturated rings. The van der Waals surface area contributed by atoms with Crippen LogP contribution in [0.1, 0.15) is 12.8 Å². The molecule has 1 atom stereocenters. The predicted molar refractivity (Wildman–Crippen MR) is 76.7 cm³/mol. The molecule has 1 unspecified atom stereocenters. The van der Waals surface area contributed by atoms with E-state index in [1.165, 1.54) is 17.0 Å². The van der Waals surface area contributed by atoms with Gasteiger partial charge >= 0.3 is 6.36 Å². The maximum absolute atomic E-state index is 12.2. The van der Waals surface area contributed by atoms with Crippen molar-refractivity contribution >= 4 is 17.5 Å². The average molecular weight is 328 g/mol. The van der Waals surface area contributed by atoms with E-state index in [9.17, 15) is 22.8 Å². The van der Waals surface area contributed by atoms with Crippen molar-refractivity contribution in [2.75, 3.05) is 11.9 Å². The number of hydrogen-bond donors (Lipinski definition) is 1. The number of ether oxygens (including phenoxy) is 1. The fourth-order valence-corrected chi connectivity index (χ4v) is 2.42. The predicted octanol–water partition coefficient (Wildman–Crippen LogP) is 2.70. The van der Waals surface area contributed by atoms with Crippen LogP contribution >= 0.6 is 0 Å². The number of nitrogens with zero attached hydrogens (tertiary/aromatic N) is 1. The molecule has 1 aromatic carbocycles. The van der Waals surface area contributed by atoms with E-state index in [1.807, 2.05) is 0 Å². The number of amides is 2. The SMILES string of the molecule is C=CC(=O)N1CCCC1C(=O)Nc1cccc(OC(F)(F)F)c1. The Kier molecular flexibility index (Phi) is 4.92. The molecule has 0 aliphatic carbocycles. The molecule has 1 aliphatic heterocycles. The lowest BCUT2D eigenvalue weighted by atomic mass is 10.2. The van der Waals surface area contributed by atoms with Crippen LogP contribution in [-0.2, 0) is 9.59 Å². The largest absolute Gasteiger partial charge is 0.573 e. The molecule has 2 amide bonds. The lowest BCUT2D eigenvalue weighted by Crippen LogP contribution is -2.42. The van der Waals surface area contributed by atoms with Gasteiger partial charge in [-0.2, -0.15) is 0 Å². The van der Waals surface area contributed by atoms with E-state index in [4.69, 9.17) is 0 Å². The molecule has 1 N–H and O–H groups in total. The smallest absolute Gasteiger partial charge is 0.406 e. The lowest BCUT2D eigenvalue weighted by molar-refractivity contribution is -0.274. The fourth-order valence-electron chi connectivity index (χ4n) is 2.42. The summed E-state index contributed by atoms with van der Waals surface area (Å²) in [6.45, 7) is 3.83. The molecule has 1 heterocycles. The molecule has 1 aromatic rings. The molecule has 0 saturated carbocycles. The van der Waals surface area contributed by atoms with Crippen molar-refractivity contribution in [2.45, 2.75) is 25.2 Å². The molecule has 8 heteroatoms. The highest BCUT2D eigenvalue weighted by molar-refractivity contribution is 5.99. The Balaban J connectivity index is 2.07. The highest BCUT2D eigenvalue weighted by Crippen LogP contribution is 2.26. The first-order chi connectivity index (χ1) is 10.8. The van der Waals surface area contributed by atoms with Crippen LogP contribution in [-0.4, -0.2) is 35.7 Å². The number of likely N-dealkylation sites (tertiary alicyclic amines) is 1. The van der Waals surface area contributed by atoms with E-state index in [0.29, 0.717) is 19.4 Å². The number of benzene rings is 1. The zero-order valence-electron chi connectivity index (χ0n) is 12.1. The molecule has 5 nitrogen and oxygen atoms in total. The monoisotopic (exact) mass is 328 g/mol. The maximum Gasteiger partial charge on any atom is 0.573 e. The molecule has 2 rings (SSSR count). The normalized spacial score (nSPS) is 17.7. The van der Waals surface area contributed by atoms with Crippen LogP contribution in [0.2, 0.25) is 0 Å². The number of hydrogen-bond acceptors (Lipinski definition) is 3. The van der Waals surface area contributed by atoms with Crippen LogP contribution < -0.4 is 10.1 Å². The minimum absolute atomic E-state index is 0.162. The van der Waals surface area contributed by atoms with Gasteiger partial charge < -0.3 is 15.0 Å². The van der Waals surface area contributed by atoms with Crippen molar-refractivity contribution in [2.24, 2.45) is 0 Å². The Hall–Kier alpha value is -2.51. The van der Waals surface area contributed by atoms with Gasteiger partial charge in [-0.1, -0.05) is 12.6 Å². The van der Waals surface area contributed by atoms with Gasteiger partial charge in [0.1, 0.15) is 11.8 Å². The van der Waals surface area contributed by atoms with E-state index < -0.39 is 24.1 Å². The first kappa shape index (κ1) is 16.9. The van der Waals surface area contributed by atoms with Gasteiger partial charge in [0.05, 0.1) is 0 Å². The van der Waals surface area contributed by atoms with E-state index in [0.717, 1.165) is 18.2 Å². The van der Waals surface area contributed by atoms with Crippen molar-refractivity contribution in [1.29, 1.82) is 0 Å². The van der Waals surface area contributed by atoms with Crippen LogP contribution in [0.25, 0.3) is 0 Å². The van der Waals surface area contributed by atoms with Gasteiger partial charge in [0.2, 0.25) is 11.8 Å². The molecule has 0 bridgehead atoms. The topological polar surface area (TPSA) is 58.6 Å². The molecular formula is C15H15F3N2O3. The first-order valence-electron chi connectivity index (χ1n) is 6.90. The molecule has 0 aromatic heterocycles. The van der Waals surface area contributed by atoms with Crippen molar-refractivity contribution < 1.29 is 27.5 Å². The van der Waals surface area contributed by atoms with E-state index in [1.54, 1.807) is 0 Å². The number of halogens is 3. The minimum Gasteiger partial charge on any atom is -0.406 e. The highest BCUT2D eigenvalue weighted by Gasteiger charge is 2.33. The Bertz CT molecular complexity index is 616. The third-order valence-electron chi connectivity index (χ3n) is 3.35. The maximum atomic E-state index is 12.2. The number of alkyl halides is 3. The fraction of sp³-hybridized carbons (Fsp3) is 0.333. The summed E-state index contributed by atoms with van der Waals surface area (Å²) in [4.78, 5) is 25.3. The molecule has 23 heavy (non-hydrogen) atoms. The van der Waals surface area contributed by atoms with Crippen LogP contribution in [0, 0.1) is 0 Å². The number of rotatable bonds is 4. The van der Waals surface area contributed by atoms with Crippen molar-refractivity contribution in [3.05, 3.63) is 36.9 Å². The Morgan fingerprint density at radius 1 is 1.39 bits per heavy atom. The lowest BCUT2D eigenvalue weighted by Gasteiger charge is -2.22. The Morgan fingerprint density at radius 2 is 2.13 bits per heavy atom. The number of nitrogens with one attached hydrogen (secondary N) is 1. The van der Waals surface area contributed by atoms with E-state index >= 15 is 0 Å². The van der Waals surface area contributed by atoms with Gasteiger partial charge in [-0.15, -0.1) is 13.2 Å². The molecule has 1 aliphatic rings. The highest BCUT2D eigenvalue weighted by atomic mass is 19.4. The molecular weight excluding hydrogens is 313 g/mol. The first-order valence-corrected chi connectivity index (χ1v) is 6.90. The van der Waals surface area contributed by atoms with E-state index in [2.05, 4.69) is 16.6 Å². The minimum atomic E-state index is -4.80. The summed E-state index contributed by atoms with van der Waals surface area (Å²) in [6, 6.07) is 4.31. The van der Waals surface area contributed by atoms with Gasteiger partial charge in [-0.3, -0.25) is 9.59 Å². The second kappa shape index (κ2) is 6.72. The second-order valence-electron chi connectivity index (χ2n) is 4.96. The van der Waals surface area contributed by atoms with Crippen LogP contribution in [0.4, 0.5) is 18.9 Å². The van der Waals surface area contributed by atoms with Crippen LogP contribution in [0.15, 0.2) is 36.9 Å². The number of carbonyl (C=O) groups excluding carboxylic acids is 2. The Labute approximate surface area is 130 Å².